The Hall–Kier alpha value is -3.06. The number of nitrogens with one attached hydrogen (secondary N) is 1. The van der Waals surface area contributed by atoms with Crippen molar-refractivity contribution in [1.82, 2.24) is 4.98 Å². The molecule has 4 rings (SSSR count). The fraction of sp³-hybridized carbons (Fsp3) is 0. The molecule has 0 radical (unpaired) electrons. The minimum atomic E-state index is -1.45. The molecule has 24 heavy (non-hydrogen) atoms. The lowest BCUT2D eigenvalue weighted by atomic mass is 10.1. The summed E-state index contributed by atoms with van der Waals surface area (Å²) in [4.78, 5) is 27.8. The molecule has 0 fully saturated rings. The third-order valence-electron chi connectivity index (χ3n) is 3.55. The molecular formula is C17H9N2O4S-. The lowest BCUT2D eigenvalue weighted by Crippen LogP contribution is -2.25. The van der Waals surface area contributed by atoms with Crippen LogP contribution in [0.4, 0.5) is 5.69 Å². The number of carboxylic acid groups (broad SMARTS) is 1. The lowest BCUT2D eigenvalue weighted by Gasteiger charge is -2.09. The number of carboxylic acids is 1. The van der Waals surface area contributed by atoms with Gasteiger partial charge in [-0.05, 0) is 30.0 Å². The molecule has 3 aromatic rings. The highest BCUT2D eigenvalue weighted by molar-refractivity contribution is 8.04. The van der Waals surface area contributed by atoms with E-state index in [1.54, 1.807) is 48.5 Å². The zero-order chi connectivity index (χ0) is 16.7. The van der Waals surface area contributed by atoms with Crippen LogP contribution in [0, 0.1) is 0 Å². The van der Waals surface area contributed by atoms with Gasteiger partial charge in [0.1, 0.15) is 5.52 Å². The molecule has 2 aromatic carbocycles. The van der Waals surface area contributed by atoms with Crippen LogP contribution in [0.15, 0.2) is 63.1 Å². The molecule has 6 nitrogen and oxygen atoms in total. The lowest BCUT2D eigenvalue weighted by molar-refractivity contribution is -0.298. The van der Waals surface area contributed by atoms with Gasteiger partial charge in [0.25, 0.3) is 11.1 Å². The van der Waals surface area contributed by atoms with E-state index in [2.05, 4.69) is 10.3 Å². The van der Waals surface area contributed by atoms with Gasteiger partial charge in [0, 0.05) is 11.3 Å². The summed E-state index contributed by atoms with van der Waals surface area (Å²) in [7, 11) is 0. The number of aliphatic carboxylic acids is 1. The number of aromatic nitrogens is 1. The Morgan fingerprint density at radius 2 is 1.88 bits per heavy atom. The van der Waals surface area contributed by atoms with Crippen molar-refractivity contribution in [1.29, 1.82) is 0 Å². The van der Waals surface area contributed by atoms with Crippen molar-refractivity contribution in [2.75, 3.05) is 5.32 Å². The van der Waals surface area contributed by atoms with Crippen LogP contribution < -0.4 is 10.4 Å². The maximum atomic E-state index is 12.2. The van der Waals surface area contributed by atoms with Crippen LogP contribution in [-0.4, -0.2) is 16.9 Å². The molecule has 1 aromatic heterocycles. The van der Waals surface area contributed by atoms with Crippen LogP contribution in [0.2, 0.25) is 0 Å². The molecule has 0 spiro atoms. The summed E-state index contributed by atoms with van der Waals surface area (Å²) in [5, 5.41) is 14.4. The molecule has 0 atom stereocenters. The SMILES string of the molecule is O=C([O-])/C(Sc1nc2ccccc2o1)=C1\C(=O)Nc2ccccc21. The normalized spacial score (nSPS) is 15.2. The summed E-state index contributed by atoms with van der Waals surface area (Å²) < 4.78 is 5.53. The molecule has 0 saturated carbocycles. The molecule has 1 amide bonds. The summed E-state index contributed by atoms with van der Waals surface area (Å²) in [5.41, 5.74) is 2.29. The van der Waals surface area contributed by atoms with E-state index in [4.69, 9.17) is 4.42 Å². The molecule has 1 N–H and O–H groups in total. The highest BCUT2D eigenvalue weighted by Gasteiger charge is 2.28. The number of benzene rings is 2. The van der Waals surface area contributed by atoms with Crippen molar-refractivity contribution in [3.8, 4) is 0 Å². The van der Waals surface area contributed by atoms with Gasteiger partial charge in [0.05, 0.1) is 16.4 Å². The summed E-state index contributed by atoms with van der Waals surface area (Å²) in [6.07, 6.45) is 0. The fourth-order valence-electron chi connectivity index (χ4n) is 2.52. The van der Waals surface area contributed by atoms with Crippen LogP contribution in [0.5, 0.6) is 0 Å². The van der Waals surface area contributed by atoms with Gasteiger partial charge < -0.3 is 19.6 Å². The number of fused-ring (bicyclic) bond motifs is 2. The van der Waals surface area contributed by atoms with Gasteiger partial charge in [0.15, 0.2) is 5.58 Å². The zero-order valence-electron chi connectivity index (χ0n) is 12.1. The van der Waals surface area contributed by atoms with Gasteiger partial charge in [-0.25, -0.2) is 4.98 Å². The maximum Gasteiger partial charge on any atom is 0.261 e. The standard InChI is InChI=1S/C17H10N2O4S/c20-15-13(9-5-1-2-6-10(9)18-15)14(16(21)22)24-17-19-11-7-3-4-8-12(11)23-17/h1-8H,(H,18,20)(H,21,22)/p-1/b14-13+. The number of para-hydroxylation sites is 3. The Bertz CT molecular complexity index is 989. The Balaban J connectivity index is 1.83. The number of rotatable bonds is 3. The van der Waals surface area contributed by atoms with E-state index in [9.17, 15) is 14.7 Å². The molecule has 7 heteroatoms. The highest BCUT2D eigenvalue weighted by Crippen LogP contribution is 2.39. The van der Waals surface area contributed by atoms with Crippen molar-refractivity contribution in [2.24, 2.45) is 0 Å². The van der Waals surface area contributed by atoms with Gasteiger partial charge in [-0.2, -0.15) is 0 Å². The second-order valence-corrected chi connectivity index (χ2v) is 6.00. The van der Waals surface area contributed by atoms with Crippen molar-refractivity contribution >= 4 is 46.0 Å². The minimum absolute atomic E-state index is 0.0536. The van der Waals surface area contributed by atoms with E-state index < -0.39 is 11.9 Å². The number of oxazole rings is 1. The number of thioether (sulfide) groups is 1. The number of hydrogen-bond donors (Lipinski definition) is 1. The largest absolute Gasteiger partial charge is 0.544 e. The number of carbonyl (C=O) groups excluding carboxylic acids is 2. The van der Waals surface area contributed by atoms with Crippen LogP contribution in [0.25, 0.3) is 16.7 Å². The number of nitrogens with zero attached hydrogens (tertiary/aromatic N) is 1. The average Bonchev–Trinajstić information content (AvgIpc) is 3.11. The molecule has 0 unspecified atom stereocenters. The highest BCUT2D eigenvalue weighted by atomic mass is 32.2. The smallest absolute Gasteiger partial charge is 0.261 e. The van der Waals surface area contributed by atoms with Crippen LogP contribution in [0.1, 0.15) is 5.56 Å². The molecule has 118 valence electrons. The summed E-state index contributed by atoms with van der Waals surface area (Å²) >= 11 is 0.766. The predicted octanol–water partition coefficient (Wildman–Crippen LogP) is 2.03. The van der Waals surface area contributed by atoms with E-state index in [0.717, 1.165) is 11.8 Å². The maximum absolute atomic E-state index is 12.2. The molecular weight excluding hydrogens is 328 g/mol. The van der Waals surface area contributed by atoms with Gasteiger partial charge in [-0.1, -0.05) is 30.3 Å². The minimum Gasteiger partial charge on any atom is -0.544 e. The molecule has 0 saturated heterocycles. The van der Waals surface area contributed by atoms with Gasteiger partial charge in [0.2, 0.25) is 0 Å². The first-order valence-corrected chi connectivity index (χ1v) is 7.85. The summed E-state index contributed by atoms with van der Waals surface area (Å²) in [5.74, 6) is -1.94. The number of carbonyl (C=O) groups is 2. The van der Waals surface area contributed by atoms with Crippen molar-refractivity contribution in [3.05, 3.63) is 59.0 Å². The van der Waals surface area contributed by atoms with Gasteiger partial charge in [-0.3, -0.25) is 4.79 Å². The average molecular weight is 337 g/mol. The number of hydrogen-bond acceptors (Lipinski definition) is 6. The number of amides is 1. The number of anilines is 1. The quantitative estimate of drug-likeness (QED) is 0.580. The van der Waals surface area contributed by atoms with Crippen LogP contribution in [0.3, 0.4) is 0 Å². The van der Waals surface area contributed by atoms with Crippen LogP contribution >= 0.6 is 11.8 Å². The second kappa shape index (κ2) is 5.54. The third kappa shape index (κ3) is 2.35. The molecule has 1 aliphatic rings. The fourth-order valence-corrected chi connectivity index (χ4v) is 3.36. The molecule has 2 heterocycles. The first-order chi connectivity index (χ1) is 11.6. The van der Waals surface area contributed by atoms with Crippen molar-refractivity contribution < 1.29 is 19.1 Å². The van der Waals surface area contributed by atoms with E-state index >= 15 is 0 Å². The Labute approximate surface area is 140 Å². The van der Waals surface area contributed by atoms with Crippen molar-refractivity contribution in [3.63, 3.8) is 0 Å². The summed E-state index contributed by atoms with van der Waals surface area (Å²) in [6, 6.07) is 14.0. The Morgan fingerprint density at radius 3 is 2.67 bits per heavy atom. The molecule has 0 bridgehead atoms. The third-order valence-corrected chi connectivity index (χ3v) is 4.47. The van der Waals surface area contributed by atoms with E-state index in [1.165, 1.54) is 0 Å². The van der Waals surface area contributed by atoms with Gasteiger partial charge >= 0.3 is 0 Å². The molecule has 1 aliphatic heterocycles. The predicted molar refractivity (Wildman–Crippen MR) is 86.9 cm³/mol. The van der Waals surface area contributed by atoms with E-state index in [-0.39, 0.29) is 15.7 Å². The Morgan fingerprint density at radius 1 is 1.12 bits per heavy atom. The zero-order valence-corrected chi connectivity index (χ0v) is 12.9. The van der Waals surface area contributed by atoms with Crippen molar-refractivity contribution in [2.45, 2.75) is 5.22 Å². The van der Waals surface area contributed by atoms with Gasteiger partial charge in [-0.15, -0.1) is 0 Å². The summed E-state index contributed by atoms with van der Waals surface area (Å²) in [6.45, 7) is 0. The first kappa shape index (κ1) is 14.5. The second-order valence-electron chi connectivity index (χ2n) is 5.04. The van der Waals surface area contributed by atoms with E-state index in [0.29, 0.717) is 22.4 Å². The first-order valence-electron chi connectivity index (χ1n) is 7.03. The monoisotopic (exact) mass is 337 g/mol. The Kier molecular flexibility index (Phi) is 3.35. The van der Waals surface area contributed by atoms with E-state index in [1.807, 2.05) is 0 Å². The van der Waals surface area contributed by atoms with Crippen LogP contribution in [-0.2, 0) is 9.59 Å². The molecule has 0 aliphatic carbocycles. The topological polar surface area (TPSA) is 95.3 Å².